The zero-order valence-corrected chi connectivity index (χ0v) is 24.5. The van der Waals surface area contributed by atoms with E-state index in [2.05, 4.69) is 89.3 Å². The minimum atomic E-state index is -0.0210. The molecule has 0 saturated carbocycles. The molecule has 0 aliphatic carbocycles. The average Bonchev–Trinajstić information content (AvgIpc) is 3.73. The Morgan fingerprint density at radius 3 is 1.31 bits per heavy atom. The summed E-state index contributed by atoms with van der Waals surface area (Å²) in [6.45, 7) is 2.32. The lowest BCUT2D eigenvalue weighted by molar-refractivity contribution is 0.278. The average molecular weight is 453 g/mol. The molecule has 1 aromatic rings. The lowest BCUT2D eigenvalue weighted by atomic mass is 8.57. The van der Waals surface area contributed by atoms with Crippen LogP contribution in [0.5, 0.6) is 11.5 Å². The molecule has 0 radical (unpaired) electrons. The Balaban J connectivity index is 1.56. The molecule has 1 N–H and O–H groups in total. The maximum absolute atomic E-state index is 9.81. The first-order valence-corrected chi connectivity index (χ1v) is 14.4. The van der Waals surface area contributed by atoms with Crippen LogP contribution in [0.4, 0.5) is 0 Å². The summed E-state index contributed by atoms with van der Waals surface area (Å²) >= 11 is 0. The van der Waals surface area contributed by atoms with E-state index in [-0.39, 0.29) is 6.61 Å². The second-order valence-electron chi connectivity index (χ2n) is 12.9. The molecule has 0 aromatic heterocycles. The molecule has 23 heteroatoms. The Hall–Kier alpha value is -0.441. The molecule has 0 unspecified atom stereocenters. The van der Waals surface area contributed by atoms with Crippen LogP contribution in [-0.4, -0.2) is 160 Å². The fourth-order valence-corrected chi connectivity index (χ4v) is 6.18. The molecule has 162 valence electrons. The topological polar surface area (TPSA) is 38.7 Å². The van der Waals surface area contributed by atoms with Gasteiger partial charge < -0.3 is 14.6 Å². The van der Waals surface area contributed by atoms with Crippen molar-refractivity contribution in [3.05, 3.63) is 46.7 Å². The van der Waals surface area contributed by atoms with Crippen molar-refractivity contribution in [3.63, 3.8) is 0 Å². The summed E-state index contributed by atoms with van der Waals surface area (Å²) in [5, 5.41) is 9.81. The van der Waals surface area contributed by atoms with E-state index in [4.69, 9.17) is 9.47 Å². The highest BCUT2D eigenvalue weighted by Crippen LogP contribution is 2.29. The highest BCUT2D eigenvalue weighted by Gasteiger charge is 2.45. The monoisotopic (exact) mass is 456 g/mol. The molecule has 0 amide bonds. The molecule has 1 aromatic carbocycles. The molecule has 0 atom stereocenters. The lowest BCUT2D eigenvalue weighted by Gasteiger charge is -2.24. The van der Waals surface area contributed by atoms with Gasteiger partial charge in [-0.3, -0.25) is 0 Å². The Kier molecular flexibility index (Phi) is 10.9. The van der Waals surface area contributed by atoms with Crippen molar-refractivity contribution < 1.29 is 14.6 Å². The lowest BCUT2D eigenvalue weighted by Crippen LogP contribution is -2.64. The van der Waals surface area contributed by atoms with Crippen molar-refractivity contribution in [1.29, 1.82) is 0 Å². The number of hydrogen-bond acceptors (Lipinski definition) is 3. The number of benzene rings is 1. The molecule has 2 heterocycles. The molecule has 0 saturated heterocycles. The normalized spacial score (nSPS) is 13.1. The van der Waals surface area contributed by atoms with Crippen LogP contribution in [0.2, 0.25) is 0 Å². The Morgan fingerprint density at radius 1 is 0.611 bits per heavy atom. The zero-order valence-electron chi connectivity index (χ0n) is 24.5. The largest absolute Gasteiger partial charge is 0.490 e. The summed E-state index contributed by atoms with van der Waals surface area (Å²) in [5.41, 5.74) is 3.64. The van der Waals surface area contributed by atoms with Crippen molar-refractivity contribution >= 4 is 142 Å². The first kappa shape index (κ1) is 30.1. The number of hydrogen-bond donors (Lipinski definition) is 1. The van der Waals surface area contributed by atoms with Gasteiger partial charge in [-0.2, -0.15) is 0 Å². The van der Waals surface area contributed by atoms with Gasteiger partial charge in [-0.25, -0.2) is 0 Å². The molecular formula is C13H32B20O3. The summed E-state index contributed by atoms with van der Waals surface area (Å²) < 4.78 is 12.4. The van der Waals surface area contributed by atoms with Crippen molar-refractivity contribution in [2.24, 2.45) is 0 Å². The maximum Gasteiger partial charge on any atom is 0.148 e. The molecule has 0 bridgehead atoms. The van der Waals surface area contributed by atoms with Gasteiger partial charge in [0.15, 0.2) is 0 Å². The van der Waals surface area contributed by atoms with Crippen LogP contribution in [0.25, 0.3) is 0 Å². The summed E-state index contributed by atoms with van der Waals surface area (Å²) in [4.78, 5) is 0. The van der Waals surface area contributed by atoms with Crippen LogP contribution < -0.4 is 9.47 Å². The molecule has 3 nitrogen and oxygen atoms in total. The quantitative estimate of drug-likeness (QED) is 0.269. The van der Waals surface area contributed by atoms with Crippen molar-refractivity contribution in [3.8, 4) is 11.5 Å². The minimum absolute atomic E-state index is 0.0210. The highest BCUT2D eigenvalue weighted by molar-refractivity contribution is 8.02. The molecule has 2 aliphatic rings. The van der Waals surface area contributed by atoms with E-state index in [9.17, 15) is 5.11 Å². The smallest absolute Gasteiger partial charge is 0.148 e. The van der Waals surface area contributed by atoms with Crippen molar-refractivity contribution in [2.75, 3.05) is 13.2 Å². The van der Waals surface area contributed by atoms with Gasteiger partial charge in [0.05, 0.1) is 84.0 Å². The maximum atomic E-state index is 9.81. The van der Waals surface area contributed by atoms with Gasteiger partial charge >= 0.3 is 0 Å². The molecular weight excluding hydrogens is 420 g/mol. The van der Waals surface area contributed by atoms with Gasteiger partial charge in [0, 0.05) is 57.1 Å². The predicted molar refractivity (Wildman–Crippen MR) is 203 cm³/mol. The standard InChI is InChI=1S/C13H32B20O3/c14-26(15)30(22)32(28(18)19)24-4-10(24)7-35-12-1-9(6-34)2-13(3-12)36-8-11-5-25(11)33(29(20)21)31(23)27(16)17/h1-5,34H,6-8,14-23H2. The first-order valence-electron chi connectivity index (χ1n) is 14.4. The van der Waals surface area contributed by atoms with E-state index in [1.807, 2.05) is 18.2 Å². The minimum Gasteiger partial charge on any atom is -0.490 e. The summed E-state index contributed by atoms with van der Waals surface area (Å²) in [7, 11) is 23.5. The fraction of sp³-hybridized carbons (Fsp3) is 0.231. The molecule has 3 rings (SSSR count). The van der Waals surface area contributed by atoms with Crippen LogP contribution in [0.15, 0.2) is 41.1 Å². The van der Waals surface area contributed by atoms with Crippen LogP contribution in [0, 0.1) is 0 Å². The van der Waals surface area contributed by atoms with E-state index in [0.717, 1.165) is 17.1 Å². The van der Waals surface area contributed by atoms with E-state index >= 15 is 0 Å². The summed E-state index contributed by atoms with van der Waals surface area (Å²) in [6.07, 6.45) is 5.36. The number of ether oxygens (including phenoxy) is 2. The van der Waals surface area contributed by atoms with Gasteiger partial charge in [-0.05, 0) is 17.7 Å². The summed E-state index contributed by atoms with van der Waals surface area (Å²) in [5.74, 6) is 6.33. The third kappa shape index (κ3) is 7.79. The van der Waals surface area contributed by atoms with Gasteiger partial charge in [0.2, 0.25) is 0 Å². The first-order chi connectivity index (χ1) is 16.9. The second-order valence-corrected chi connectivity index (χ2v) is 12.9. The van der Waals surface area contributed by atoms with Crippen LogP contribution in [-0.2, 0) is 6.61 Å². The Bertz CT molecular complexity index is 885. The highest BCUT2D eigenvalue weighted by atomic mass is 16.5. The van der Waals surface area contributed by atoms with Gasteiger partial charge in [-0.1, -0.05) is 10.9 Å². The SMILES string of the molecule is BB(B)B(B)B(B(B)B)B1C=C1COc1cc(CO)cc(OCC2=CB2B(B(B)B)B(B)B(B)B)c1. The van der Waals surface area contributed by atoms with Gasteiger partial charge in [0.25, 0.3) is 0 Å². The predicted octanol–water partition coefficient (Wildman–Crippen LogP) is -11.2. The van der Waals surface area contributed by atoms with E-state index in [1.165, 1.54) is 10.9 Å². The molecule has 36 heavy (non-hydrogen) atoms. The van der Waals surface area contributed by atoms with Crippen molar-refractivity contribution in [2.45, 2.75) is 6.61 Å². The Morgan fingerprint density at radius 2 is 1.00 bits per heavy atom. The van der Waals surface area contributed by atoms with Gasteiger partial charge in [0.1, 0.15) is 37.9 Å². The Labute approximate surface area is 233 Å². The third-order valence-corrected chi connectivity index (χ3v) is 9.05. The third-order valence-electron chi connectivity index (χ3n) is 9.05. The number of aliphatic hydroxyl groups is 1. The second kappa shape index (κ2) is 13.1. The van der Waals surface area contributed by atoms with E-state index in [0.29, 0.717) is 77.5 Å². The van der Waals surface area contributed by atoms with Crippen LogP contribution in [0.1, 0.15) is 5.56 Å². The number of rotatable bonds is 15. The number of aliphatic hydroxyl groups excluding tert-OH is 1. The van der Waals surface area contributed by atoms with Crippen molar-refractivity contribution in [1.82, 2.24) is 0 Å². The molecule has 0 fully saturated rings. The van der Waals surface area contributed by atoms with E-state index < -0.39 is 0 Å². The van der Waals surface area contributed by atoms with E-state index in [1.54, 1.807) is 0 Å². The van der Waals surface area contributed by atoms with Crippen LogP contribution in [0.3, 0.4) is 0 Å². The van der Waals surface area contributed by atoms with Gasteiger partial charge in [-0.15, -0.1) is 12.0 Å². The zero-order chi connectivity index (χ0) is 26.7. The molecule has 0 spiro atoms. The van der Waals surface area contributed by atoms with Crippen LogP contribution >= 0.6 is 0 Å². The fourth-order valence-electron chi connectivity index (χ4n) is 6.18. The summed E-state index contributed by atoms with van der Waals surface area (Å²) in [6, 6.07) is 5.84. The molecule has 2 aliphatic heterocycles.